The van der Waals surface area contributed by atoms with Crippen LogP contribution in [0, 0.1) is 5.92 Å². The average molecular weight is 299 g/mol. The Labute approximate surface area is 125 Å². The van der Waals surface area contributed by atoms with E-state index in [2.05, 4.69) is 10.6 Å². The molecule has 1 heterocycles. The van der Waals surface area contributed by atoms with Crippen molar-refractivity contribution < 1.29 is 19.5 Å². The second-order valence-electron chi connectivity index (χ2n) is 6.61. The smallest absolute Gasteiger partial charge is 0.318 e. The normalized spacial score (nSPS) is 20.0. The highest BCUT2D eigenvalue weighted by Gasteiger charge is 2.29. The largest absolute Gasteiger partial charge is 0.481 e. The number of likely N-dealkylation sites (tertiary alicyclic amines) is 1. The topological polar surface area (TPSA) is 98.7 Å². The molecule has 0 radical (unpaired) electrons. The first-order valence-electron chi connectivity index (χ1n) is 7.18. The molecule has 0 saturated carbocycles. The Morgan fingerprint density at radius 3 is 2.48 bits per heavy atom. The molecule has 1 rings (SSSR count). The molecule has 1 saturated heterocycles. The van der Waals surface area contributed by atoms with Crippen LogP contribution in [0.4, 0.5) is 4.79 Å². The molecule has 0 aromatic rings. The van der Waals surface area contributed by atoms with Gasteiger partial charge in [0.2, 0.25) is 5.91 Å². The fourth-order valence-corrected chi connectivity index (χ4v) is 2.25. The van der Waals surface area contributed by atoms with Gasteiger partial charge in [-0.3, -0.25) is 9.59 Å². The predicted octanol–water partition coefficient (Wildman–Crippen LogP) is 0.796. The zero-order valence-electron chi connectivity index (χ0n) is 13.1. The van der Waals surface area contributed by atoms with Crippen LogP contribution >= 0.6 is 0 Å². The van der Waals surface area contributed by atoms with Crippen molar-refractivity contribution in [2.24, 2.45) is 5.92 Å². The SMILES string of the molecule is CC(NC(=O)N1CCC(CC(=O)O)C1)C(=O)NC(C)(C)C. The van der Waals surface area contributed by atoms with Gasteiger partial charge in [-0.15, -0.1) is 0 Å². The fourth-order valence-electron chi connectivity index (χ4n) is 2.25. The molecule has 2 unspecified atom stereocenters. The second kappa shape index (κ2) is 6.78. The Morgan fingerprint density at radius 1 is 1.33 bits per heavy atom. The lowest BCUT2D eigenvalue weighted by molar-refractivity contribution is -0.138. The molecule has 0 bridgehead atoms. The number of hydrogen-bond donors (Lipinski definition) is 3. The van der Waals surface area contributed by atoms with Gasteiger partial charge in [-0.05, 0) is 40.0 Å². The average Bonchev–Trinajstić information content (AvgIpc) is 2.74. The molecule has 0 aromatic carbocycles. The van der Waals surface area contributed by atoms with Gasteiger partial charge in [-0.25, -0.2) is 4.79 Å². The number of hydrogen-bond acceptors (Lipinski definition) is 3. The number of carboxylic acids is 1. The number of amides is 3. The lowest BCUT2D eigenvalue weighted by Crippen LogP contribution is -2.53. The Kier molecular flexibility index (Phi) is 5.57. The highest BCUT2D eigenvalue weighted by atomic mass is 16.4. The maximum atomic E-state index is 12.0. The van der Waals surface area contributed by atoms with E-state index >= 15 is 0 Å². The van der Waals surface area contributed by atoms with Gasteiger partial charge in [0.05, 0.1) is 0 Å². The van der Waals surface area contributed by atoms with Crippen LogP contribution in [-0.2, 0) is 9.59 Å². The molecule has 120 valence electrons. The molecule has 7 heteroatoms. The third-order valence-electron chi connectivity index (χ3n) is 3.27. The summed E-state index contributed by atoms with van der Waals surface area (Å²) in [5.74, 6) is -1.09. The van der Waals surface area contributed by atoms with Crippen molar-refractivity contribution in [3.05, 3.63) is 0 Å². The lowest BCUT2D eigenvalue weighted by Gasteiger charge is -2.25. The van der Waals surface area contributed by atoms with Crippen LogP contribution in [0.5, 0.6) is 0 Å². The van der Waals surface area contributed by atoms with E-state index in [0.29, 0.717) is 19.5 Å². The molecule has 7 nitrogen and oxygen atoms in total. The molecular formula is C14H25N3O4. The summed E-state index contributed by atoms with van der Waals surface area (Å²) >= 11 is 0. The van der Waals surface area contributed by atoms with Crippen LogP contribution in [0.25, 0.3) is 0 Å². The number of nitrogens with one attached hydrogen (secondary N) is 2. The number of carboxylic acid groups (broad SMARTS) is 1. The van der Waals surface area contributed by atoms with Gasteiger partial charge in [0.25, 0.3) is 0 Å². The number of rotatable bonds is 4. The zero-order chi connectivity index (χ0) is 16.2. The van der Waals surface area contributed by atoms with Gasteiger partial charge in [0, 0.05) is 25.0 Å². The van der Waals surface area contributed by atoms with Crippen molar-refractivity contribution >= 4 is 17.9 Å². The molecule has 3 N–H and O–H groups in total. The van der Waals surface area contributed by atoms with E-state index in [9.17, 15) is 14.4 Å². The van der Waals surface area contributed by atoms with Crippen molar-refractivity contribution in [2.75, 3.05) is 13.1 Å². The Hall–Kier alpha value is -1.79. The first-order valence-corrected chi connectivity index (χ1v) is 7.18. The highest BCUT2D eigenvalue weighted by molar-refractivity contribution is 5.87. The van der Waals surface area contributed by atoms with E-state index in [-0.39, 0.29) is 29.8 Å². The summed E-state index contributed by atoms with van der Waals surface area (Å²) in [7, 11) is 0. The zero-order valence-corrected chi connectivity index (χ0v) is 13.1. The minimum absolute atomic E-state index is 0.00745. The Balaban J connectivity index is 2.43. The van der Waals surface area contributed by atoms with Gasteiger partial charge in [-0.2, -0.15) is 0 Å². The van der Waals surface area contributed by atoms with E-state index in [0.717, 1.165) is 0 Å². The maximum Gasteiger partial charge on any atom is 0.318 e. The molecule has 2 atom stereocenters. The Bertz CT molecular complexity index is 417. The van der Waals surface area contributed by atoms with Gasteiger partial charge in [-0.1, -0.05) is 0 Å². The maximum absolute atomic E-state index is 12.0. The molecule has 0 aromatic heterocycles. The van der Waals surface area contributed by atoms with Gasteiger partial charge < -0.3 is 20.6 Å². The van der Waals surface area contributed by atoms with E-state index in [1.807, 2.05) is 20.8 Å². The highest BCUT2D eigenvalue weighted by Crippen LogP contribution is 2.19. The van der Waals surface area contributed by atoms with E-state index in [4.69, 9.17) is 5.11 Å². The minimum atomic E-state index is -0.847. The molecule has 1 fully saturated rings. The quantitative estimate of drug-likeness (QED) is 0.715. The van der Waals surface area contributed by atoms with Crippen LogP contribution in [-0.4, -0.2) is 52.6 Å². The molecule has 1 aliphatic rings. The third kappa shape index (κ3) is 6.01. The van der Waals surface area contributed by atoms with Crippen molar-refractivity contribution in [1.29, 1.82) is 0 Å². The number of carbonyl (C=O) groups is 3. The summed E-state index contributed by atoms with van der Waals surface area (Å²) in [5.41, 5.74) is -0.351. The van der Waals surface area contributed by atoms with E-state index in [1.54, 1.807) is 11.8 Å². The lowest BCUT2D eigenvalue weighted by atomic mass is 10.1. The standard InChI is InChI=1S/C14H25N3O4/c1-9(12(20)16-14(2,3)4)15-13(21)17-6-5-10(8-17)7-11(18)19/h9-10H,5-8H2,1-4H3,(H,15,21)(H,16,20)(H,18,19). The van der Waals surface area contributed by atoms with Gasteiger partial charge >= 0.3 is 12.0 Å². The molecule has 3 amide bonds. The van der Waals surface area contributed by atoms with Crippen molar-refractivity contribution in [3.8, 4) is 0 Å². The monoisotopic (exact) mass is 299 g/mol. The summed E-state index contributed by atoms with van der Waals surface area (Å²) in [6, 6.07) is -0.949. The number of urea groups is 1. The predicted molar refractivity (Wildman–Crippen MR) is 77.8 cm³/mol. The van der Waals surface area contributed by atoms with Crippen molar-refractivity contribution in [1.82, 2.24) is 15.5 Å². The van der Waals surface area contributed by atoms with Crippen LogP contribution in [0.1, 0.15) is 40.5 Å². The first-order chi connectivity index (χ1) is 9.58. The minimum Gasteiger partial charge on any atom is -0.481 e. The molecular weight excluding hydrogens is 274 g/mol. The van der Waals surface area contributed by atoms with Crippen LogP contribution in [0.2, 0.25) is 0 Å². The first kappa shape index (κ1) is 17.3. The van der Waals surface area contributed by atoms with Crippen LogP contribution < -0.4 is 10.6 Å². The fraction of sp³-hybridized carbons (Fsp3) is 0.786. The van der Waals surface area contributed by atoms with Crippen molar-refractivity contribution in [2.45, 2.75) is 52.1 Å². The summed E-state index contributed by atoms with van der Waals surface area (Å²) in [5, 5.41) is 14.2. The van der Waals surface area contributed by atoms with Crippen molar-refractivity contribution in [3.63, 3.8) is 0 Å². The third-order valence-corrected chi connectivity index (χ3v) is 3.27. The molecule has 21 heavy (non-hydrogen) atoms. The number of nitrogens with zero attached hydrogens (tertiary/aromatic N) is 1. The Morgan fingerprint density at radius 2 is 1.95 bits per heavy atom. The summed E-state index contributed by atoms with van der Waals surface area (Å²) in [6.45, 7) is 8.19. The summed E-state index contributed by atoms with van der Waals surface area (Å²) in [4.78, 5) is 36.2. The van der Waals surface area contributed by atoms with Crippen LogP contribution in [0.15, 0.2) is 0 Å². The molecule has 0 spiro atoms. The molecule has 0 aliphatic carbocycles. The molecule has 1 aliphatic heterocycles. The summed E-state index contributed by atoms with van der Waals surface area (Å²) < 4.78 is 0. The van der Waals surface area contributed by atoms with Gasteiger partial charge in [0.15, 0.2) is 0 Å². The number of carbonyl (C=O) groups excluding carboxylic acids is 2. The van der Waals surface area contributed by atoms with E-state index < -0.39 is 12.0 Å². The van der Waals surface area contributed by atoms with Gasteiger partial charge in [0.1, 0.15) is 6.04 Å². The summed E-state index contributed by atoms with van der Waals surface area (Å²) in [6.07, 6.45) is 0.756. The van der Waals surface area contributed by atoms with Crippen LogP contribution in [0.3, 0.4) is 0 Å². The number of aliphatic carboxylic acids is 1. The second-order valence-corrected chi connectivity index (χ2v) is 6.61. The van der Waals surface area contributed by atoms with E-state index in [1.165, 1.54) is 0 Å².